The van der Waals surface area contributed by atoms with Crippen molar-refractivity contribution < 1.29 is 9.90 Å². The third kappa shape index (κ3) is 3.82. The Kier molecular flexibility index (Phi) is 5.15. The highest BCUT2D eigenvalue weighted by Gasteiger charge is 2.17. The summed E-state index contributed by atoms with van der Waals surface area (Å²) in [6.45, 7) is 6.25. The second-order valence-electron chi connectivity index (χ2n) is 4.48. The molecule has 3 nitrogen and oxygen atoms in total. The van der Waals surface area contributed by atoms with E-state index < -0.39 is 6.10 Å². The molecule has 1 heterocycles. The Morgan fingerprint density at radius 1 is 1.59 bits per heavy atom. The standard InChI is InChI=1S/C13H21NO2S/c1-5-6-11-7-12(17-10(11)3)13(16)14(4)8-9(2)15/h7,9,15H,5-6,8H2,1-4H3. The number of aryl methyl sites for hydroxylation is 2. The fourth-order valence-electron chi connectivity index (χ4n) is 1.81. The third-order valence-electron chi connectivity index (χ3n) is 2.64. The molecular formula is C13H21NO2S. The van der Waals surface area contributed by atoms with Crippen LogP contribution in [0.1, 0.15) is 40.4 Å². The number of rotatable bonds is 5. The number of likely N-dealkylation sites (N-methyl/N-ethyl adjacent to an activating group) is 1. The fraction of sp³-hybridized carbons (Fsp3) is 0.615. The second-order valence-corrected chi connectivity index (χ2v) is 5.73. The molecule has 1 atom stereocenters. The predicted octanol–water partition coefficient (Wildman–Crippen LogP) is 2.46. The average molecular weight is 255 g/mol. The topological polar surface area (TPSA) is 40.5 Å². The van der Waals surface area contributed by atoms with Crippen LogP contribution in [-0.4, -0.2) is 35.6 Å². The molecule has 0 radical (unpaired) electrons. The first-order valence-electron chi connectivity index (χ1n) is 5.98. The van der Waals surface area contributed by atoms with Gasteiger partial charge in [0.15, 0.2) is 0 Å². The van der Waals surface area contributed by atoms with E-state index in [1.54, 1.807) is 30.2 Å². The van der Waals surface area contributed by atoms with Gasteiger partial charge in [0, 0.05) is 18.5 Å². The molecule has 1 N–H and O–H groups in total. The molecule has 0 aromatic carbocycles. The molecule has 0 aliphatic carbocycles. The van der Waals surface area contributed by atoms with Crippen molar-refractivity contribution in [1.82, 2.24) is 4.90 Å². The van der Waals surface area contributed by atoms with Gasteiger partial charge in [-0.1, -0.05) is 13.3 Å². The molecule has 1 aromatic heterocycles. The molecule has 0 saturated carbocycles. The minimum atomic E-state index is -0.486. The largest absolute Gasteiger partial charge is 0.392 e. The molecule has 0 aliphatic heterocycles. The summed E-state index contributed by atoms with van der Waals surface area (Å²) in [6.07, 6.45) is 1.63. The molecule has 1 rings (SSSR count). The molecule has 1 aromatic rings. The van der Waals surface area contributed by atoms with Crippen LogP contribution in [0.4, 0.5) is 0 Å². The van der Waals surface area contributed by atoms with E-state index >= 15 is 0 Å². The molecule has 17 heavy (non-hydrogen) atoms. The average Bonchev–Trinajstić information content (AvgIpc) is 2.59. The SMILES string of the molecule is CCCc1cc(C(=O)N(C)CC(C)O)sc1C. The minimum Gasteiger partial charge on any atom is -0.392 e. The Morgan fingerprint density at radius 2 is 2.24 bits per heavy atom. The van der Waals surface area contributed by atoms with Crippen molar-refractivity contribution in [3.8, 4) is 0 Å². The van der Waals surface area contributed by atoms with E-state index in [1.165, 1.54) is 10.4 Å². The van der Waals surface area contributed by atoms with Gasteiger partial charge in [0.2, 0.25) is 0 Å². The zero-order chi connectivity index (χ0) is 13.0. The van der Waals surface area contributed by atoms with E-state index in [9.17, 15) is 9.90 Å². The zero-order valence-corrected chi connectivity index (χ0v) is 11.8. The second kappa shape index (κ2) is 6.17. The first-order valence-corrected chi connectivity index (χ1v) is 6.80. The van der Waals surface area contributed by atoms with Crippen LogP contribution in [0.5, 0.6) is 0 Å². The highest BCUT2D eigenvalue weighted by atomic mass is 32.1. The van der Waals surface area contributed by atoms with Gasteiger partial charge in [-0.25, -0.2) is 0 Å². The van der Waals surface area contributed by atoms with E-state index in [1.807, 2.05) is 6.07 Å². The Morgan fingerprint density at radius 3 is 2.76 bits per heavy atom. The van der Waals surface area contributed by atoms with E-state index in [0.29, 0.717) is 6.54 Å². The van der Waals surface area contributed by atoms with Gasteiger partial charge < -0.3 is 10.0 Å². The van der Waals surface area contributed by atoms with Gasteiger partial charge >= 0.3 is 0 Å². The smallest absolute Gasteiger partial charge is 0.263 e. The number of carbonyl (C=O) groups excluding carboxylic acids is 1. The van der Waals surface area contributed by atoms with E-state index in [2.05, 4.69) is 13.8 Å². The minimum absolute atomic E-state index is 0.00125. The molecule has 0 spiro atoms. The molecule has 1 unspecified atom stereocenters. The first kappa shape index (κ1) is 14.2. The summed E-state index contributed by atoms with van der Waals surface area (Å²) in [5, 5.41) is 9.27. The molecule has 1 amide bonds. The molecule has 0 bridgehead atoms. The van der Waals surface area contributed by atoms with Crippen molar-refractivity contribution in [1.29, 1.82) is 0 Å². The van der Waals surface area contributed by atoms with Crippen LogP contribution < -0.4 is 0 Å². The number of aliphatic hydroxyl groups is 1. The quantitative estimate of drug-likeness (QED) is 0.878. The molecule has 0 fully saturated rings. The predicted molar refractivity (Wildman–Crippen MR) is 71.7 cm³/mol. The van der Waals surface area contributed by atoms with Gasteiger partial charge in [-0.3, -0.25) is 4.79 Å². The number of thiophene rings is 1. The maximum Gasteiger partial charge on any atom is 0.263 e. The Balaban J connectivity index is 2.78. The lowest BCUT2D eigenvalue weighted by Gasteiger charge is -2.17. The lowest BCUT2D eigenvalue weighted by atomic mass is 10.1. The van der Waals surface area contributed by atoms with Gasteiger partial charge in [-0.05, 0) is 31.9 Å². The van der Waals surface area contributed by atoms with Crippen LogP contribution in [0, 0.1) is 6.92 Å². The summed E-state index contributed by atoms with van der Waals surface area (Å²) < 4.78 is 0. The summed E-state index contributed by atoms with van der Waals surface area (Å²) in [7, 11) is 1.73. The Bertz CT molecular complexity index is 385. The van der Waals surface area contributed by atoms with Crippen LogP contribution >= 0.6 is 11.3 Å². The van der Waals surface area contributed by atoms with Gasteiger partial charge in [0.1, 0.15) is 0 Å². The molecule has 0 saturated heterocycles. The van der Waals surface area contributed by atoms with E-state index in [-0.39, 0.29) is 5.91 Å². The Hall–Kier alpha value is -0.870. The van der Waals surface area contributed by atoms with E-state index in [0.717, 1.165) is 17.7 Å². The summed E-state index contributed by atoms with van der Waals surface area (Å²) in [5.74, 6) is 0.00125. The number of hydrogen-bond donors (Lipinski definition) is 1. The van der Waals surface area contributed by atoms with Crippen molar-refractivity contribution in [3.63, 3.8) is 0 Å². The normalized spacial score (nSPS) is 12.5. The molecule has 0 aliphatic rings. The third-order valence-corrected chi connectivity index (χ3v) is 3.72. The van der Waals surface area contributed by atoms with Crippen LogP contribution in [0.2, 0.25) is 0 Å². The van der Waals surface area contributed by atoms with E-state index in [4.69, 9.17) is 0 Å². The monoisotopic (exact) mass is 255 g/mol. The van der Waals surface area contributed by atoms with Crippen molar-refractivity contribution in [2.24, 2.45) is 0 Å². The highest BCUT2D eigenvalue weighted by Crippen LogP contribution is 2.23. The number of amides is 1. The maximum absolute atomic E-state index is 12.1. The Labute approximate surface area is 107 Å². The van der Waals surface area contributed by atoms with Crippen LogP contribution in [-0.2, 0) is 6.42 Å². The number of carbonyl (C=O) groups is 1. The van der Waals surface area contributed by atoms with Crippen molar-refractivity contribution >= 4 is 17.2 Å². The fourth-order valence-corrected chi connectivity index (χ4v) is 2.88. The first-order chi connectivity index (χ1) is 7.95. The lowest BCUT2D eigenvalue weighted by Crippen LogP contribution is -2.32. The van der Waals surface area contributed by atoms with Crippen LogP contribution in [0.25, 0.3) is 0 Å². The summed E-state index contributed by atoms with van der Waals surface area (Å²) >= 11 is 1.54. The molecular weight excluding hydrogens is 234 g/mol. The number of aliphatic hydroxyl groups excluding tert-OH is 1. The van der Waals surface area contributed by atoms with Crippen LogP contribution in [0.15, 0.2) is 6.07 Å². The summed E-state index contributed by atoms with van der Waals surface area (Å²) in [4.78, 5) is 15.6. The van der Waals surface area contributed by atoms with Gasteiger partial charge in [0.25, 0.3) is 5.91 Å². The molecule has 4 heteroatoms. The summed E-state index contributed by atoms with van der Waals surface area (Å²) in [6, 6.07) is 1.99. The maximum atomic E-state index is 12.1. The van der Waals surface area contributed by atoms with Crippen molar-refractivity contribution in [3.05, 3.63) is 21.4 Å². The lowest BCUT2D eigenvalue weighted by molar-refractivity contribution is 0.0708. The zero-order valence-electron chi connectivity index (χ0n) is 11.0. The van der Waals surface area contributed by atoms with Gasteiger partial charge in [-0.15, -0.1) is 11.3 Å². The molecule has 96 valence electrons. The van der Waals surface area contributed by atoms with Crippen molar-refractivity contribution in [2.75, 3.05) is 13.6 Å². The number of nitrogens with zero attached hydrogens (tertiary/aromatic N) is 1. The van der Waals surface area contributed by atoms with Crippen LogP contribution in [0.3, 0.4) is 0 Å². The van der Waals surface area contributed by atoms with Crippen molar-refractivity contribution in [2.45, 2.75) is 39.7 Å². The summed E-state index contributed by atoms with van der Waals surface area (Å²) in [5.41, 5.74) is 1.27. The highest BCUT2D eigenvalue weighted by molar-refractivity contribution is 7.14. The van der Waals surface area contributed by atoms with Gasteiger partial charge in [0.05, 0.1) is 11.0 Å². The number of hydrogen-bond acceptors (Lipinski definition) is 3. The van der Waals surface area contributed by atoms with Gasteiger partial charge in [-0.2, -0.15) is 0 Å².